The van der Waals surface area contributed by atoms with Gasteiger partial charge in [-0.1, -0.05) is 60.7 Å². The quantitative estimate of drug-likeness (QED) is 0.303. The van der Waals surface area contributed by atoms with Crippen LogP contribution in [0.1, 0.15) is 17.5 Å². The molecule has 0 fully saturated rings. The molecule has 0 spiro atoms. The average molecular weight is 347 g/mol. The first-order chi connectivity index (χ1) is 11.9. The Morgan fingerprint density at radius 1 is 0.833 bits per heavy atom. The van der Waals surface area contributed by atoms with E-state index in [0.29, 0.717) is 32.1 Å². The molecule has 2 aromatic rings. The van der Waals surface area contributed by atoms with Crippen LogP contribution in [-0.4, -0.2) is 37.4 Å². The number of allylic oxidation sites excluding steroid dienone is 1. The van der Waals surface area contributed by atoms with Gasteiger partial charge in [-0.2, -0.15) is 0 Å². The first kappa shape index (κ1) is 18.5. The number of halogens is 1. The maximum Gasteiger partial charge on any atom is 0.130 e. The molecule has 0 radical (unpaired) electrons. The normalized spacial score (nSPS) is 11.9. The number of benzene rings is 2. The maximum absolute atomic E-state index is 8.77. The fourth-order valence-electron chi connectivity index (χ4n) is 2.43. The van der Waals surface area contributed by atoms with Crippen LogP contribution >= 0.6 is 11.6 Å². The molecule has 0 amide bonds. The molecule has 1 N–H and O–H groups in total. The minimum atomic E-state index is 0.0168. The van der Waals surface area contributed by atoms with Crippen molar-refractivity contribution >= 4 is 22.9 Å². The SMILES string of the molecule is OCCOCCOC(=C(CCCl)c1ccccc1)c1ccccc1. The van der Waals surface area contributed by atoms with Crippen LogP contribution in [0.5, 0.6) is 0 Å². The molecule has 3 nitrogen and oxygen atoms in total. The third kappa shape index (κ3) is 5.68. The number of rotatable bonds is 10. The van der Waals surface area contributed by atoms with Crippen molar-refractivity contribution < 1.29 is 14.6 Å². The molecule has 0 bridgehead atoms. The summed E-state index contributed by atoms with van der Waals surface area (Å²) in [6.07, 6.45) is 0.716. The van der Waals surface area contributed by atoms with Gasteiger partial charge in [0.2, 0.25) is 0 Å². The molecule has 0 aliphatic carbocycles. The second kappa shape index (κ2) is 10.9. The largest absolute Gasteiger partial charge is 0.490 e. The summed E-state index contributed by atoms with van der Waals surface area (Å²) in [6.45, 7) is 1.19. The van der Waals surface area contributed by atoms with Crippen molar-refractivity contribution in [3.05, 3.63) is 71.8 Å². The van der Waals surface area contributed by atoms with Crippen LogP contribution in [0.15, 0.2) is 60.7 Å². The molecule has 0 atom stereocenters. The highest BCUT2D eigenvalue weighted by Gasteiger charge is 2.13. The molecule has 0 saturated heterocycles. The van der Waals surface area contributed by atoms with Gasteiger partial charge in [0.15, 0.2) is 0 Å². The standard InChI is InChI=1S/C20H23ClO3/c21-12-11-19(17-7-3-1-4-8-17)20(18-9-5-2-6-10-18)24-16-15-23-14-13-22/h1-10,22H,11-16H2. The molecule has 4 heteroatoms. The summed E-state index contributed by atoms with van der Waals surface area (Å²) in [5.41, 5.74) is 3.20. The zero-order chi connectivity index (χ0) is 17.0. The smallest absolute Gasteiger partial charge is 0.130 e. The zero-order valence-corrected chi connectivity index (χ0v) is 14.4. The number of ether oxygens (including phenoxy) is 2. The van der Waals surface area contributed by atoms with E-state index < -0.39 is 0 Å². The topological polar surface area (TPSA) is 38.7 Å². The van der Waals surface area contributed by atoms with Crippen molar-refractivity contribution in [2.75, 3.05) is 32.3 Å². The van der Waals surface area contributed by atoms with Crippen molar-refractivity contribution in [3.8, 4) is 0 Å². The van der Waals surface area contributed by atoms with Gasteiger partial charge in [0.25, 0.3) is 0 Å². The van der Waals surface area contributed by atoms with Crippen LogP contribution in [0.25, 0.3) is 11.3 Å². The molecule has 128 valence electrons. The molecule has 0 aliphatic heterocycles. The number of hydrogen-bond donors (Lipinski definition) is 1. The molecular weight excluding hydrogens is 324 g/mol. The number of aliphatic hydroxyl groups excluding tert-OH is 1. The van der Waals surface area contributed by atoms with E-state index in [1.54, 1.807) is 0 Å². The van der Waals surface area contributed by atoms with Gasteiger partial charge in [-0.05, 0) is 12.0 Å². The first-order valence-electron chi connectivity index (χ1n) is 8.08. The predicted octanol–water partition coefficient (Wildman–Crippen LogP) is 4.21. The Morgan fingerprint density at radius 2 is 1.46 bits per heavy atom. The van der Waals surface area contributed by atoms with Crippen LogP contribution in [0.3, 0.4) is 0 Å². The van der Waals surface area contributed by atoms with E-state index >= 15 is 0 Å². The second-order valence-corrected chi connectivity index (χ2v) is 5.54. The summed E-state index contributed by atoms with van der Waals surface area (Å²) in [5, 5.41) is 8.77. The van der Waals surface area contributed by atoms with Gasteiger partial charge in [-0.25, -0.2) is 0 Å². The summed E-state index contributed by atoms with van der Waals surface area (Å²) >= 11 is 6.04. The van der Waals surface area contributed by atoms with Crippen molar-refractivity contribution in [1.82, 2.24) is 0 Å². The van der Waals surface area contributed by atoms with Crippen LogP contribution < -0.4 is 0 Å². The van der Waals surface area contributed by atoms with Gasteiger partial charge >= 0.3 is 0 Å². The van der Waals surface area contributed by atoms with Crippen molar-refractivity contribution in [3.63, 3.8) is 0 Å². The second-order valence-electron chi connectivity index (χ2n) is 5.16. The highest BCUT2D eigenvalue weighted by molar-refractivity contribution is 6.18. The van der Waals surface area contributed by atoms with E-state index in [4.69, 9.17) is 26.2 Å². The fourth-order valence-corrected chi connectivity index (χ4v) is 2.62. The summed E-state index contributed by atoms with van der Waals surface area (Å²) < 4.78 is 11.3. The molecule has 0 aliphatic rings. The van der Waals surface area contributed by atoms with E-state index in [2.05, 4.69) is 12.1 Å². The van der Waals surface area contributed by atoms with Gasteiger partial charge in [0, 0.05) is 17.0 Å². The third-order valence-electron chi connectivity index (χ3n) is 3.49. The lowest BCUT2D eigenvalue weighted by Crippen LogP contribution is -2.08. The zero-order valence-electron chi connectivity index (χ0n) is 13.7. The lowest BCUT2D eigenvalue weighted by atomic mass is 9.99. The molecule has 0 heterocycles. The Bertz CT molecular complexity index is 611. The van der Waals surface area contributed by atoms with E-state index in [1.807, 2.05) is 48.5 Å². The van der Waals surface area contributed by atoms with Crippen molar-refractivity contribution in [1.29, 1.82) is 0 Å². The van der Waals surface area contributed by atoms with Crippen molar-refractivity contribution in [2.24, 2.45) is 0 Å². The highest BCUT2D eigenvalue weighted by atomic mass is 35.5. The lowest BCUT2D eigenvalue weighted by Gasteiger charge is -2.17. The van der Waals surface area contributed by atoms with E-state index in [1.165, 1.54) is 0 Å². The number of aliphatic hydroxyl groups is 1. The Morgan fingerprint density at radius 3 is 2.04 bits per heavy atom. The Kier molecular flexibility index (Phi) is 8.39. The highest BCUT2D eigenvalue weighted by Crippen LogP contribution is 2.30. The molecule has 24 heavy (non-hydrogen) atoms. The monoisotopic (exact) mass is 346 g/mol. The van der Waals surface area contributed by atoms with Gasteiger partial charge in [-0.15, -0.1) is 11.6 Å². The van der Waals surface area contributed by atoms with Crippen LogP contribution in [0.4, 0.5) is 0 Å². The van der Waals surface area contributed by atoms with Crippen LogP contribution in [-0.2, 0) is 9.47 Å². The molecule has 0 unspecified atom stereocenters. The molecular formula is C20H23ClO3. The summed E-state index contributed by atoms with van der Waals surface area (Å²) in [4.78, 5) is 0. The minimum absolute atomic E-state index is 0.0168. The summed E-state index contributed by atoms with van der Waals surface area (Å²) in [5.74, 6) is 1.35. The minimum Gasteiger partial charge on any atom is -0.490 e. The van der Waals surface area contributed by atoms with Gasteiger partial charge in [0.1, 0.15) is 12.4 Å². The summed E-state index contributed by atoms with van der Waals surface area (Å²) in [6, 6.07) is 20.2. The fraction of sp³-hybridized carbons (Fsp3) is 0.300. The molecule has 0 saturated carbocycles. The first-order valence-corrected chi connectivity index (χ1v) is 8.61. The van der Waals surface area contributed by atoms with E-state index in [9.17, 15) is 0 Å². The average Bonchev–Trinajstić information content (AvgIpc) is 2.65. The third-order valence-corrected chi connectivity index (χ3v) is 3.68. The molecule has 2 rings (SSSR count). The van der Waals surface area contributed by atoms with Crippen molar-refractivity contribution in [2.45, 2.75) is 6.42 Å². The van der Waals surface area contributed by atoms with Gasteiger partial charge in [-0.3, -0.25) is 0 Å². The Hall–Kier alpha value is -1.81. The van der Waals surface area contributed by atoms with Gasteiger partial charge in [0.05, 0.1) is 19.8 Å². The molecule has 2 aromatic carbocycles. The van der Waals surface area contributed by atoms with E-state index in [0.717, 1.165) is 22.5 Å². The summed E-state index contributed by atoms with van der Waals surface area (Å²) in [7, 11) is 0. The maximum atomic E-state index is 8.77. The Balaban J connectivity index is 2.30. The van der Waals surface area contributed by atoms with Crippen LogP contribution in [0, 0.1) is 0 Å². The number of alkyl halides is 1. The number of hydrogen-bond acceptors (Lipinski definition) is 3. The van der Waals surface area contributed by atoms with Crippen LogP contribution in [0.2, 0.25) is 0 Å². The molecule has 0 aromatic heterocycles. The predicted molar refractivity (Wildman–Crippen MR) is 98.9 cm³/mol. The van der Waals surface area contributed by atoms with Gasteiger partial charge < -0.3 is 14.6 Å². The van der Waals surface area contributed by atoms with E-state index in [-0.39, 0.29) is 6.61 Å². The lowest BCUT2D eigenvalue weighted by molar-refractivity contribution is 0.0645. The Labute approximate surface area is 148 Å².